The van der Waals surface area contributed by atoms with E-state index in [4.69, 9.17) is 9.47 Å². The molecule has 0 spiro atoms. The van der Waals surface area contributed by atoms with Gasteiger partial charge in [0.2, 0.25) is 0 Å². The number of para-hydroxylation sites is 2. The van der Waals surface area contributed by atoms with Crippen molar-refractivity contribution in [1.82, 2.24) is 0 Å². The minimum absolute atomic E-state index is 0.224. The van der Waals surface area contributed by atoms with Crippen LogP contribution >= 0.6 is 0 Å². The van der Waals surface area contributed by atoms with Crippen LogP contribution in [0.5, 0.6) is 5.75 Å². The Morgan fingerprint density at radius 2 is 1.57 bits per heavy atom. The molecule has 0 aliphatic carbocycles. The molecule has 1 aliphatic rings. The highest BCUT2D eigenvalue weighted by Crippen LogP contribution is 2.27. The smallest absolute Gasteiger partial charge is 0.344 e. The third kappa shape index (κ3) is 4.69. The average Bonchev–Trinajstić information content (AvgIpc) is 3.22. The molecule has 3 aromatic rings. The summed E-state index contributed by atoms with van der Waals surface area (Å²) in [5, 5.41) is 0. The van der Waals surface area contributed by atoms with E-state index in [1.54, 1.807) is 4.90 Å². The van der Waals surface area contributed by atoms with Gasteiger partial charge < -0.3 is 14.4 Å². The Morgan fingerprint density at radius 3 is 2.43 bits per heavy atom. The summed E-state index contributed by atoms with van der Waals surface area (Å²) < 4.78 is 10.8. The summed E-state index contributed by atoms with van der Waals surface area (Å²) >= 11 is 0. The van der Waals surface area contributed by atoms with Crippen molar-refractivity contribution < 1.29 is 19.1 Å². The molecule has 1 amide bonds. The highest BCUT2D eigenvalue weighted by Gasteiger charge is 2.24. The molecule has 0 saturated carbocycles. The van der Waals surface area contributed by atoms with Gasteiger partial charge in [-0.2, -0.15) is 0 Å². The van der Waals surface area contributed by atoms with Gasteiger partial charge in [-0.25, -0.2) is 4.79 Å². The molecule has 4 rings (SSSR count). The normalized spacial score (nSPS) is 12.3. The number of esters is 1. The highest BCUT2D eigenvalue weighted by molar-refractivity contribution is 5.97. The van der Waals surface area contributed by atoms with E-state index in [-0.39, 0.29) is 19.1 Å². The number of hydrogen-bond acceptors (Lipinski definition) is 4. The molecular weight excluding hydrogens is 378 g/mol. The van der Waals surface area contributed by atoms with Gasteiger partial charge in [0.25, 0.3) is 5.91 Å². The average molecular weight is 401 g/mol. The predicted molar refractivity (Wildman–Crippen MR) is 115 cm³/mol. The number of carbonyl (C=O) groups is 2. The first kappa shape index (κ1) is 19.7. The molecule has 30 heavy (non-hydrogen) atoms. The molecule has 1 aliphatic heterocycles. The third-order valence-corrected chi connectivity index (χ3v) is 5.10. The van der Waals surface area contributed by atoms with Gasteiger partial charge in [-0.05, 0) is 35.2 Å². The summed E-state index contributed by atoms with van der Waals surface area (Å²) in [7, 11) is 0. The SMILES string of the molecule is O=C(COc1ccccc1Cc1ccccc1)OCC(=O)N1CCc2ccccc21. The molecule has 0 unspecified atom stereocenters. The molecular formula is C25H23NO4. The molecule has 0 fully saturated rings. The molecule has 152 valence electrons. The Hall–Kier alpha value is -3.60. The van der Waals surface area contributed by atoms with Gasteiger partial charge in [-0.15, -0.1) is 0 Å². The quantitative estimate of drug-likeness (QED) is 0.565. The van der Waals surface area contributed by atoms with Crippen LogP contribution < -0.4 is 9.64 Å². The first-order valence-corrected chi connectivity index (χ1v) is 9.99. The molecule has 0 bridgehead atoms. The van der Waals surface area contributed by atoms with Gasteiger partial charge in [-0.3, -0.25) is 4.79 Å². The van der Waals surface area contributed by atoms with Gasteiger partial charge in [0.15, 0.2) is 13.2 Å². The van der Waals surface area contributed by atoms with Gasteiger partial charge in [-0.1, -0.05) is 66.7 Å². The van der Waals surface area contributed by atoms with Crippen LogP contribution in [0.2, 0.25) is 0 Å². The van der Waals surface area contributed by atoms with Crippen LogP contribution in [0.3, 0.4) is 0 Å². The maximum atomic E-state index is 12.5. The Kier molecular flexibility index (Phi) is 6.09. The minimum atomic E-state index is -0.564. The van der Waals surface area contributed by atoms with Crippen LogP contribution in [-0.2, 0) is 27.2 Å². The van der Waals surface area contributed by atoms with E-state index in [1.807, 2.05) is 78.9 Å². The summed E-state index contributed by atoms with van der Waals surface area (Å²) in [6, 6.07) is 25.4. The predicted octanol–water partition coefficient (Wildman–Crippen LogP) is 3.79. The summed E-state index contributed by atoms with van der Waals surface area (Å²) in [5.41, 5.74) is 4.18. The van der Waals surface area contributed by atoms with Crippen molar-refractivity contribution in [3.8, 4) is 5.75 Å². The van der Waals surface area contributed by atoms with Crippen molar-refractivity contribution in [3.63, 3.8) is 0 Å². The Balaban J connectivity index is 1.29. The standard InChI is InChI=1S/C25H23NO4/c27-24(26-15-14-20-10-4-6-12-22(20)26)17-30-25(28)18-29-23-13-7-5-11-21(23)16-19-8-2-1-3-9-19/h1-13H,14-18H2. The fourth-order valence-electron chi connectivity index (χ4n) is 3.60. The summed E-state index contributed by atoms with van der Waals surface area (Å²) in [4.78, 5) is 26.3. The second-order valence-corrected chi connectivity index (χ2v) is 7.14. The molecule has 0 radical (unpaired) electrons. The maximum absolute atomic E-state index is 12.5. The maximum Gasteiger partial charge on any atom is 0.344 e. The van der Waals surface area contributed by atoms with Gasteiger partial charge >= 0.3 is 5.97 Å². The van der Waals surface area contributed by atoms with Crippen molar-refractivity contribution >= 4 is 17.6 Å². The number of ether oxygens (including phenoxy) is 2. The van der Waals surface area contributed by atoms with E-state index in [0.717, 1.165) is 28.8 Å². The molecule has 5 nitrogen and oxygen atoms in total. The van der Waals surface area contributed by atoms with Crippen molar-refractivity contribution in [2.24, 2.45) is 0 Å². The Labute approximate surface area is 175 Å². The van der Waals surface area contributed by atoms with Crippen molar-refractivity contribution in [1.29, 1.82) is 0 Å². The van der Waals surface area contributed by atoms with E-state index < -0.39 is 5.97 Å². The zero-order valence-corrected chi connectivity index (χ0v) is 16.6. The Morgan fingerprint density at radius 1 is 0.833 bits per heavy atom. The molecule has 0 aromatic heterocycles. The molecule has 0 atom stereocenters. The number of nitrogens with zero attached hydrogens (tertiary/aromatic N) is 1. The van der Waals surface area contributed by atoms with E-state index in [1.165, 1.54) is 0 Å². The molecule has 1 heterocycles. The number of hydrogen-bond donors (Lipinski definition) is 0. The van der Waals surface area contributed by atoms with Gasteiger partial charge in [0.1, 0.15) is 5.75 Å². The summed E-state index contributed by atoms with van der Waals surface area (Å²) in [6.07, 6.45) is 1.52. The minimum Gasteiger partial charge on any atom is -0.482 e. The zero-order chi connectivity index (χ0) is 20.8. The molecule has 0 saturated heterocycles. The van der Waals surface area contributed by atoms with Crippen molar-refractivity contribution in [3.05, 3.63) is 95.6 Å². The zero-order valence-electron chi connectivity index (χ0n) is 16.6. The Bertz CT molecular complexity index is 1030. The second-order valence-electron chi connectivity index (χ2n) is 7.14. The second kappa shape index (κ2) is 9.27. The van der Waals surface area contributed by atoms with Crippen molar-refractivity contribution in [2.75, 3.05) is 24.7 Å². The number of benzene rings is 3. The third-order valence-electron chi connectivity index (χ3n) is 5.10. The lowest BCUT2D eigenvalue weighted by Gasteiger charge is -2.17. The largest absolute Gasteiger partial charge is 0.482 e. The van der Waals surface area contributed by atoms with Crippen LogP contribution in [0, 0.1) is 0 Å². The number of rotatable bonds is 7. The fourth-order valence-corrected chi connectivity index (χ4v) is 3.60. The van der Waals surface area contributed by atoms with E-state index in [0.29, 0.717) is 18.7 Å². The van der Waals surface area contributed by atoms with Crippen LogP contribution in [-0.4, -0.2) is 31.6 Å². The van der Waals surface area contributed by atoms with Crippen molar-refractivity contribution in [2.45, 2.75) is 12.8 Å². The van der Waals surface area contributed by atoms with Crippen LogP contribution in [0.1, 0.15) is 16.7 Å². The summed E-state index contributed by atoms with van der Waals surface area (Å²) in [5.74, 6) is -0.152. The molecule has 5 heteroatoms. The van der Waals surface area contributed by atoms with Crippen LogP contribution in [0.25, 0.3) is 0 Å². The lowest BCUT2D eigenvalue weighted by molar-refractivity contribution is -0.149. The monoisotopic (exact) mass is 401 g/mol. The number of anilines is 1. The van der Waals surface area contributed by atoms with E-state index >= 15 is 0 Å². The summed E-state index contributed by atoms with van der Waals surface area (Å²) in [6.45, 7) is 0.0803. The number of fused-ring (bicyclic) bond motifs is 1. The van der Waals surface area contributed by atoms with Gasteiger partial charge in [0, 0.05) is 18.7 Å². The number of carbonyl (C=O) groups excluding carboxylic acids is 2. The van der Waals surface area contributed by atoms with E-state index in [9.17, 15) is 9.59 Å². The van der Waals surface area contributed by atoms with E-state index in [2.05, 4.69) is 0 Å². The number of amides is 1. The lowest BCUT2D eigenvalue weighted by Crippen LogP contribution is -2.33. The first-order chi connectivity index (χ1) is 14.7. The van der Waals surface area contributed by atoms with Gasteiger partial charge in [0.05, 0.1) is 0 Å². The topological polar surface area (TPSA) is 55.8 Å². The van der Waals surface area contributed by atoms with Crippen LogP contribution in [0.15, 0.2) is 78.9 Å². The fraction of sp³-hybridized carbons (Fsp3) is 0.200. The highest BCUT2D eigenvalue weighted by atomic mass is 16.6. The lowest BCUT2D eigenvalue weighted by atomic mass is 10.0. The molecule has 0 N–H and O–H groups in total. The van der Waals surface area contributed by atoms with Crippen LogP contribution in [0.4, 0.5) is 5.69 Å². The first-order valence-electron chi connectivity index (χ1n) is 9.99. The molecule has 3 aromatic carbocycles.